The number of fused-ring (bicyclic) bond motifs is 1. The van der Waals surface area contributed by atoms with Crippen molar-refractivity contribution in [3.05, 3.63) is 28.6 Å². The van der Waals surface area contributed by atoms with E-state index >= 15 is 0 Å². The molecular weight excluding hydrogens is 176 g/mol. The Kier molecular flexibility index (Phi) is 2.33. The van der Waals surface area contributed by atoms with Gasteiger partial charge in [0.25, 0.3) is 0 Å². The highest BCUT2D eigenvalue weighted by Gasteiger charge is 2.21. The molecule has 3 heteroatoms. The maximum atomic E-state index is 11.7. The van der Waals surface area contributed by atoms with Gasteiger partial charge in [0.05, 0.1) is 0 Å². The van der Waals surface area contributed by atoms with Crippen molar-refractivity contribution in [3.63, 3.8) is 0 Å². The molecule has 1 aromatic heterocycles. The summed E-state index contributed by atoms with van der Waals surface area (Å²) < 4.78 is 0. The number of ketones is 1. The predicted molar refractivity (Wildman–Crippen MR) is 54.1 cm³/mol. The highest BCUT2D eigenvalue weighted by atomic mass is 16.1. The van der Waals surface area contributed by atoms with Gasteiger partial charge in [-0.3, -0.25) is 9.78 Å². The third kappa shape index (κ3) is 1.34. The molecule has 1 aliphatic carbocycles. The summed E-state index contributed by atoms with van der Waals surface area (Å²) in [7, 11) is 0. The van der Waals surface area contributed by atoms with Gasteiger partial charge in [0, 0.05) is 30.4 Å². The standard InChI is InChI=1S/C11H14N2O/c1-7-9-3-2-4-10(14)11(9)8(5-12)6-13-7/h6H,2-5,12H2,1H3. The van der Waals surface area contributed by atoms with E-state index in [2.05, 4.69) is 4.98 Å². The van der Waals surface area contributed by atoms with Crippen LogP contribution in [0.25, 0.3) is 0 Å². The number of carbonyl (C=O) groups is 1. The fourth-order valence-corrected chi connectivity index (χ4v) is 2.05. The van der Waals surface area contributed by atoms with Crippen LogP contribution in [-0.2, 0) is 13.0 Å². The van der Waals surface area contributed by atoms with Crippen LogP contribution in [0.3, 0.4) is 0 Å². The zero-order chi connectivity index (χ0) is 10.1. The molecule has 0 radical (unpaired) electrons. The van der Waals surface area contributed by atoms with Gasteiger partial charge in [0.15, 0.2) is 5.78 Å². The smallest absolute Gasteiger partial charge is 0.163 e. The SMILES string of the molecule is Cc1ncc(CN)c2c1CCCC2=O. The molecule has 2 N–H and O–H groups in total. The molecule has 2 rings (SSSR count). The van der Waals surface area contributed by atoms with Crippen molar-refractivity contribution in [1.82, 2.24) is 4.98 Å². The van der Waals surface area contributed by atoms with Crippen molar-refractivity contribution in [2.75, 3.05) is 0 Å². The predicted octanol–water partition coefficient (Wildman–Crippen LogP) is 1.37. The van der Waals surface area contributed by atoms with Crippen LogP contribution in [0.15, 0.2) is 6.20 Å². The number of hydrogen-bond acceptors (Lipinski definition) is 3. The maximum Gasteiger partial charge on any atom is 0.163 e. The van der Waals surface area contributed by atoms with E-state index in [-0.39, 0.29) is 5.78 Å². The third-order valence-corrected chi connectivity index (χ3v) is 2.80. The highest BCUT2D eigenvalue weighted by molar-refractivity contribution is 5.99. The summed E-state index contributed by atoms with van der Waals surface area (Å²) in [4.78, 5) is 16.0. The first-order valence-electron chi connectivity index (χ1n) is 4.94. The first kappa shape index (κ1) is 9.34. The molecule has 0 aliphatic heterocycles. The van der Waals surface area contributed by atoms with Gasteiger partial charge >= 0.3 is 0 Å². The lowest BCUT2D eigenvalue weighted by molar-refractivity contribution is 0.0971. The third-order valence-electron chi connectivity index (χ3n) is 2.80. The average molecular weight is 190 g/mol. The lowest BCUT2D eigenvalue weighted by Gasteiger charge is -2.18. The monoisotopic (exact) mass is 190 g/mol. The van der Waals surface area contributed by atoms with Crippen molar-refractivity contribution in [3.8, 4) is 0 Å². The van der Waals surface area contributed by atoms with Gasteiger partial charge in [0.1, 0.15) is 0 Å². The number of aromatic nitrogens is 1. The van der Waals surface area contributed by atoms with Crippen LogP contribution in [0, 0.1) is 6.92 Å². The van der Waals surface area contributed by atoms with E-state index in [1.165, 1.54) is 0 Å². The van der Waals surface area contributed by atoms with E-state index in [1.807, 2.05) is 6.92 Å². The summed E-state index contributed by atoms with van der Waals surface area (Å²) in [6.45, 7) is 2.36. The fourth-order valence-electron chi connectivity index (χ4n) is 2.05. The average Bonchev–Trinajstić information content (AvgIpc) is 2.20. The fraction of sp³-hybridized carbons (Fsp3) is 0.455. The summed E-state index contributed by atoms with van der Waals surface area (Å²) in [5.74, 6) is 0.234. The Morgan fingerprint density at radius 3 is 3.00 bits per heavy atom. The van der Waals surface area contributed by atoms with E-state index in [0.29, 0.717) is 13.0 Å². The quantitative estimate of drug-likeness (QED) is 0.727. The number of Topliss-reactive ketones (excluding diaryl/α,β-unsaturated/α-hetero) is 1. The summed E-state index contributed by atoms with van der Waals surface area (Å²) in [5, 5.41) is 0. The van der Waals surface area contributed by atoms with Crippen LogP contribution in [0.2, 0.25) is 0 Å². The lowest BCUT2D eigenvalue weighted by atomic mass is 9.87. The first-order chi connectivity index (χ1) is 6.74. The van der Waals surface area contributed by atoms with Crippen LogP contribution in [0.1, 0.15) is 40.0 Å². The van der Waals surface area contributed by atoms with Gasteiger partial charge in [-0.1, -0.05) is 0 Å². The lowest BCUT2D eigenvalue weighted by Crippen LogP contribution is -2.17. The van der Waals surface area contributed by atoms with E-state index in [0.717, 1.165) is 35.2 Å². The number of hydrogen-bond donors (Lipinski definition) is 1. The van der Waals surface area contributed by atoms with Crippen LogP contribution in [0.4, 0.5) is 0 Å². The normalized spacial score (nSPS) is 15.4. The molecule has 0 spiro atoms. The number of carbonyl (C=O) groups excluding carboxylic acids is 1. The Labute approximate surface area is 83.3 Å². The molecule has 0 unspecified atom stereocenters. The van der Waals surface area contributed by atoms with Crippen molar-refractivity contribution in [2.24, 2.45) is 5.73 Å². The molecule has 0 aromatic carbocycles. The Morgan fingerprint density at radius 2 is 2.29 bits per heavy atom. The Hall–Kier alpha value is -1.22. The van der Waals surface area contributed by atoms with Gasteiger partial charge < -0.3 is 5.73 Å². The Balaban J connectivity index is 2.64. The number of nitrogens with zero attached hydrogens (tertiary/aromatic N) is 1. The molecule has 0 saturated carbocycles. The van der Waals surface area contributed by atoms with Crippen molar-refractivity contribution < 1.29 is 4.79 Å². The molecular formula is C11H14N2O. The number of aryl methyl sites for hydroxylation is 1. The molecule has 74 valence electrons. The van der Waals surface area contributed by atoms with Gasteiger partial charge in [-0.2, -0.15) is 0 Å². The molecule has 1 aromatic rings. The summed E-state index contributed by atoms with van der Waals surface area (Å²) in [6.07, 6.45) is 4.30. The topological polar surface area (TPSA) is 56.0 Å². The van der Waals surface area contributed by atoms with Crippen molar-refractivity contribution in [2.45, 2.75) is 32.7 Å². The summed E-state index contributed by atoms with van der Waals surface area (Å²) >= 11 is 0. The highest BCUT2D eigenvalue weighted by Crippen LogP contribution is 2.25. The zero-order valence-corrected chi connectivity index (χ0v) is 8.34. The summed E-state index contributed by atoms with van der Waals surface area (Å²) in [5.41, 5.74) is 9.44. The van der Waals surface area contributed by atoms with Crippen LogP contribution in [-0.4, -0.2) is 10.8 Å². The van der Waals surface area contributed by atoms with Gasteiger partial charge in [-0.05, 0) is 30.9 Å². The second kappa shape index (κ2) is 3.50. The van der Waals surface area contributed by atoms with Crippen LogP contribution in [0.5, 0.6) is 0 Å². The molecule has 3 nitrogen and oxygen atoms in total. The second-order valence-corrected chi connectivity index (χ2v) is 3.70. The number of pyridine rings is 1. The van der Waals surface area contributed by atoms with Gasteiger partial charge in [-0.15, -0.1) is 0 Å². The number of rotatable bonds is 1. The van der Waals surface area contributed by atoms with Gasteiger partial charge in [0.2, 0.25) is 0 Å². The maximum absolute atomic E-state index is 11.7. The molecule has 0 fully saturated rings. The van der Waals surface area contributed by atoms with Crippen LogP contribution >= 0.6 is 0 Å². The molecule has 0 amide bonds. The molecule has 0 saturated heterocycles. The largest absolute Gasteiger partial charge is 0.326 e. The van der Waals surface area contributed by atoms with E-state index in [1.54, 1.807) is 6.20 Å². The van der Waals surface area contributed by atoms with Crippen molar-refractivity contribution >= 4 is 5.78 Å². The van der Waals surface area contributed by atoms with E-state index < -0.39 is 0 Å². The summed E-state index contributed by atoms with van der Waals surface area (Å²) in [6, 6.07) is 0. The minimum Gasteiger partial charge on any atom is -0.326 e. The van der Waals surface area contributed by atoms with Crippen LogP contribution < -0.4 is 5.73 Å². The second-order valence-electron chi connectivity index (χ2n) is 3.70. The van der Waals surface area contributed by atoms with Gasteiger partial charge in [-0.25, -0.2) is 0 Å². The molecule has 1 heterocycles. The Bertz CT molecular complexity index is 385. The molecule has 1 aliphatic rings. The first-order valence-corrected chi connectivity index (χ1v) is 4.94. The zero-order valence-electron chi connectivity index (χ0n) is 8.34. The molecule has 14 heavy (non-hydrogen) atoms. The minimum absolute atomic E-state index is 0.234. The number of nitrogens with two attached hydrogens (primary N) is 1. The molecule has 0 bridgehead atoms. The minimum atomic E-state index is 0.234. The van der Waals surface area contributed by atoms with E-state index in [4.69, 9.17) is 5.73 Å². The Morgan fingerprint density at radius 1 is 1.50 bits per heavy atom. The van der Waals surface area contributed by atoms with Crippen molar-refractivity contribution in [1.29, 1.82) is 0 Å². The van der Waals surface area contributed by atoms with E-state index in [9.17, 15) is 4.79 Å². The molecule has 0 atom stereocenters.